The monoisotopic (exact) mass is 571 g/mol. The van der Waals surface area contributed by atoms with Crippen LogP contribution >= 0.6 is 12.2 Å². The van der Waals surface area contributed by atoms with E-state index in [2.05, 4.69) is 21.7 Å². The topological polar surface area (TPSA) is 71.4 Å². The normalized spacial score (nSPS) is 17.0. The van der Waals surface area contributed by atoms with Crippen LogP contribution in [-0.4, -0.2) is 27.7 Å². The molecule has 0 spiro atoms. The number of para-hydroxylation sites is 1. The molecule has 0 aliphatic carbocycles. The second-order valence-electron chi connectivity index (χ2n) is 11.2. The van der Waals surface area contributed by atoms with Crippen LogP contribution < -0.4 is 20.3 Å². The van der Waals surface area contributed by atoms with E-state index in [9.17, 15) is 9.18 Å². The number of carbonyl (C=O) groups is 1. The van der Waals surface area contributed by atoms with Crippen molar-refractivity contribution in [2.24, 2.45) is 5.41 Å². The third-order valence-electron chi connectivity index (χ3n) is 7.37. The maximum absolute atomic E-state index is 14.9. The first-order valence-electron chi connectivity index (χ1n) is 13.4. The van der Waals surface area contributed by atoms with Crippen molar-refractivity contribution in [2.45, 2.75) is 46.7 Å². The number of methoxy groups -OCH3 is 1. The lowest BCUT2D eigenvalue weighted by molar-refractivity contribution is -0.123. The van der Waals surface area contributed by atoms with Gasteiger partial charge in [0.15, 0.2) is 5.11 Å². The van der Waals surface area contributed by atoms with Crippen LogP contribution in [0.3, 0.4) is 0 Å². The van der Waals surface area contributed by atoms with Crippen molar-refractivity contribution in [3.63, 3.8) is 0 Å². The first kappa shape index (κ1) is 28.3. The summed E-state index contributed by atoms with van der Waals surface area (Å²) >= 11 is 5.91. The molecule has 1 fully saturated rings. The Morgan fingerprint density at radius 3 is 2.46 bits per heavy atom. The molecule has 1 aliphatic rings. The Morgan fingerprint density at radius 2 is 1.80 bits per heavy atom. The second kappa shape index (κ2) is 11.0. The van der Waals surface area contributed by atoms with E-state index in [-0.39, 0.29) is 23.8 Å². The zero-order valence-corrected chi connectivity index (χ0v) is 24.8. The van der Waals surface area contributed by atoms with E-state index in [1.807, 2.05) is 86.6 Å². The smallest absolute Gasteiger partial charge is 0.229 e. The second-order valence-corrected chi connectivity index (χ2v) is 11.6. The largest absolute Gasteiger partial charge is 0.494 e. The molecule has 4 aromatic rings. The number of benzene rings is 2. The van der Waals surface area contributed by atoms with Gasteiger partial charge in [-0.3, -0.25) is 9.78 Å². The lowest BCUT2D eigenvalue weighted by Crippen LogP contribution is -2.30. The summed E-state index contributed by atoms with van der Waals surface area (Å²) in [4.78, 5) is 19.4. The quantitative estimate of drug-likeness (QED) is 0.248. The molecule has 0 unspecified atom stereocenters. The van der Waals surface area contributed by atoms with Gasteiger partial charge in [0.2, 0.25) is 5.91 Å². The third-order valence-corrected chi connectivity index (χ3v) is 7.69. The molecule has 7 nitrogen and oxygen atoms in total. The van der Waals surface area contributed by atoms with Gasteiger partial charge in [0.05, 0.1) is 36.3 Å². The number of carbonyl (C=O) groups excluding carboxylic acids is 1. The highest BCUT2D eigenvalue weighted by Crippen LogP contribution is 2.45. The highest BCUT2D eigenvalue weighted by atomic mass is 32.1. The molecule has 2 aromatic heterocycles. The highest BCUT2D eigenvalue weighted by Gasteiger charge is 2.42. The molecule has 2 aromatic carbocycles. The summed E-state index contributed by atoms with van der Waals surface area (Å²) in [6.07, 6.45) is 1.76. The van der Waals surface area contributed by atoms with Crippen molar-refractivity contribution in [1.82, 2.24) is 14.9 Å². The zero-order chi connectivity index (χ0) is 29.5. The van der Waals surface area contributed by atoms with E-state index in [1.54, 1.807) is 25.4 Å². The number of hydrogen-bond donors (Lipinski definition) is 2. The van der Waals surface area contributed by atoms with Crippen molar-refractivity contribution in [1.29, 1.82) is 0 Å². The summed E-state index contributed by atoms with van der Waals surface area (Å²) in [6, 6.07) is 19.7. The zero-order valence-electron chi connectivity index (χ0n) is 24.0. The highest BCUT2D eigenvalue weighted by molar-refractivity contribution is 7.80. The summed E-state index contributed by atoms with van der Waals surface area (Å²) < 4.78 is 22.6. The van der Waals surface area contributed by atoms with Gasteiger partial charge >= 0.3 is 0 Å². The van der Waals surface area contributed by atoms with E-state index in [0.717, 1.165) is 28.3 Å². The van der Waals surface area contributed by atoms with Gasteiger partial charge in [0, 0.05) is 34.8 Å². The van der Waals surface area contributed by atoms with Gasteiger partial charge in [-0.1, -0.05) is 39.0 Å². The van der Waals surface area contributed by atoms with Gasteiger partial charge in [0.1, 0.15) is 11.6 Å². The van der Waals surface area contributed by atoms with Crippen LogP contribution in [0.25, 0.3) is 5.69 Å². The Hall–Kier alpha value is -4.24. The lowest BCUT2D eigenvalue weighted by atomic mass is 9.95. The summed E-state index contributed by atoms with van der Waals surface area (Å²) in [5, 5.41) is 6.97. The van der Waals surface area contributed by atoms with E-state index in [4.69, 9.17) is 17.0 Å². The van der Waals surface area contributed by atoms with E-state index in [1.165, 1.54) is 6.07 Å². The minimum atomic E-state index is -0.564. The van der Waals surface area contributed by atoms with Gasteiger partial charge in [-0.25, -0.2) is 4.39 Å². The number of rotatable bonds is 6. The van der Waals surface area contributed by atoms with Crippen LogP contribution in [0.5, 0.6) is 5.75 Å². The molecule has 1 saturated heterocycles. The van der Waals surface area contributed by atoms with E-state index < -0.39 is 5.41 Å². The maximum Gasteiger partial charge on any atom is 0.229 e. The van der Waals surface area contributed by atoms with Crippen molar-refractivity contribution >= 4 is 34.6 Å². The molecule has 41 heavy (non-hydrogen) atoms. The Labute approximate surface area is 245 Å². The van der Waals surface area contributed by atoms with Crippen LogP contribution in [-0.2, 0) is 4.79 Å². The van der Waals surface area contributed by atoms with E-state index >= 15 is 0 Å². The summed E-state index contributed by atoms with van der Waals surface area (Å²) in [6.45, 7) is 9.54. The van der Waals surface area contributed by atoms with Crippen LogP contribution in [0.1, 0.15) is 55.5 Å². The minimum absolute atomic E-state index is 0.115. The Balaban J connectivity index is 1.64. The van der Waals surface area contributed by atoms with Gasteiger partial charge in [-0.15, -0.1) is 0 Å². The van der Waals surface area contributed by atoms with Gasteiger partial charge in [-0.05, 0) is 74.1 Å². The molecular formula is C32H34FN5O2S. The number of amides is 1. The molecule has 2 atom stereocenters. The molecule has 5 rings (SSSR count). The van der Waals surface area contributed by atoms with Crippen LogP contribution in [0.15, 0.2) is 72.9 Å². The summed E-state index contributed by atoms with van der Waals surface area (Å²) in [5.41, 5.74) is 4.90. The molecule has 3 heterocycles. The van der Waals surface area contributed by atoms with E-state index in [0.29, 0.717) is 22.2 Å². The molecule has 212 valence electrons. The molecular weight excluding hydrogens is 537 g/mol. The minimum Gasteiger partial charge on any atom is -0.494 e. The van der Waals surface area contributed by atoms with Crippen LogP contribution in [0.2, 0.25) is 0 Å². The fourth-order valence-corrected chi connectivity index (χ4v) is 5.63. The van der Waals surface area contributed by atoms with Crippen LogP contribution in [0, 0.1) is 25.1 Å². The van der Waals surface area contributed by atoms with Gasteiger partial charge < -0.3 is 24.8 Å². The summed E-state index contributed by atoms with van der Waals surface area (Å²) in [7, 11) is 1.57. The van der Waals surface area contributed by atoms with Crippen molar-refractivity contribution < 1.29 is 13.9 Å². The third kappa shape index (κ3) is 5.29. The molecule has 0 saturated carbocycles. The fraction of sp³-hybridized carbons (Fsp3) is 0.281. The predicted molar refractivity (Wildman–Crippen MR) is 164 cm³/mol. The van der Waals surface area contributed by atoms with Gasteiger partial charge in [0.25, 0.3) is 0 Å². The van der Waals surface area contributed by atoms with Crippen molar-refractivity contribution in [3.8, 4) is 11.4 Å². The first-order valence-corrected chi connectivity index (χ1v) is 13.9. The maximum atomic E-state index is 14.9. The van der Waals surface area contributed by atoms with Crippen LogP contribution in [0.4, 0.5) is 15.8 Å². The number of nitrogens with one attached hydrogen (secondary N) is 2. The Kier molecular flexibility index (Phi) is 7.57. The number of anilines is 2. The molecule has 9 heteroatoms. The number of aromatic nitrogens is 2. The molecule has 0 radical (unpaired) electrons. The number of aryl methyl sites for hydroxylation is 1. The number of halogens is 1. The number of ether oxygens (including phenoxy) is 1. The Bertz CT molecular complexity index is 1610. The lowest BCUT2D eigenvalue weighted by Gasteiger charge is -2.29. The standard InChI is InChI=1S/C32H34FN5O2S/c1-19-17-22(20(2)37(19)26-13-8-7-11-23(26)33)29-28(25-12-9-10-16-34-25)36-31(41)38(29)21-14-15-24(27(18-21)40-6)35-30(39)32(3,4)5/h7-18,28-29H,1-6H3,(H,35,39)(H,36,41)/t28-,29-/m0/s1. The average Bonchev–Trinajstić information content (AvgIpc) is 3.44. The predicted octanol–water partition coefficient (Wildman–Crippen LogP) is 6.80. The number of hydrogen-bond acceptors (Lipinski definition) is 4. The number of pyridine rings is 1. The van der Waals surface area contributed by atoms with Crippen molar-refractivity contribution in [3.05, 3.63) is 101 Å². The summed E-state index contributed by atoms with van der Waals surface area (Å²) in [5.74, 6) is 0.104. The molecule has 2 N–H and O–H groups in total. The molecule has 1 aliphatic heterocycles. The number of nitrogens with zero attached hydrogens (tertiary/aromatic N) is 3. The number of thiocarbonyl (C=S) groups is 1. The first-order chi connectivity index (χ1) is 19.5. The van der Waals surface area contributed by atoms with Crippen molar-refractivity contribution in [2.75, 3.05) is 17.3 Å². The Morgan fingerprint density at radius 1 is 1.07 bits per heavy atom. The molecule has 0 bridgehead atoms. The fourth-order valence-electron chi connectivity index (χ4n) is 5.28. The molecule has 1 amide bonds. The SMILES string of the molecule is COc1cc(N2C(=S)N[C@@H](c3ccccn3)[C@@H]2c2cc(C)n(-c3ccccc3F)c2C)ccc1NC(=O)C(C)(C)C. The van der Waals surface area contributed by atoms with Gasteiger partial charge in [-0.2, -0.15) is 0 Å². The average molecular weight is 572 g/mol.